The molecule has 7 nitrogen and oxygen atoms in total. The zero-order valence-electron chi connectivity index (χ0n) is 13.8. The Bertz CT molecular complexity index is 802. The van der Waals surface area contributed by atoms with E-state index in [0.29, 0.717) is 28.4 Å². The molecule has 2 aromatic heterocycles. The third-order valence-electron chi connectivity index (χ3n) is 3.53. The number of thioether (sulfide) groups is 1. The Labute approximate surface area is 143 Å². The fourth-order valence-electron chi connectivity index (χ4n) is 2.16. The van der Waals surface area contributed by atoms with Crippen LogP contribution in [-0.4, -0.2) is 29.6 Å². The Morgan fingerprint density at radius 3 is 2.33 bits per heavy atom. The molecule has 0 spiro atoms. The summed E-state index contributed by atoms with van der Waals surface area (Å²) in [6.45, 7) is 3.80. The lowest BCUT2D eigenvalue weighted by Crippen LogP contribution is -1.88. The highest BCUT2D eigenvalue weighted by molar-refractivity contribution is 7.98. The summed E-state index contributed by atoms with van der Waals surface area (Å²) in [5.74, 6) is 3.19. The first-order chi connectivity index (χ1) is 11.6. The molecule has 0 amide bonds. The lowest BCUT2D eigenvalue weighted by atomic mass is 10.2. The van der Waals surface area contributed by atoms with Gasteiger partial charge < -0.3 is 18.4 Å². The minimum absolute atomic E-state index is 0.411. The molecular weight excluding hydrogens is 330 g/mol. The first kappa shape index (κ1) is 16.4. The zero-order valence-corrected chi connectivity index (χ0v) is 14.6. The Morgan fingerprint density at radius 1 is 1.04 bits per heavy atom. The Morgan fingerprint density at radius 2 is 1.75 bits per heavy atom. The predicted molar refractivity (Wildman–Crippen MR) is 88.4 cm³/mol. The zero-order chi connectivity index (χ0) is 17.1. The molecular formula is C16H17N3O4S. The lowest BCUT2D eigenvalue weighted by molar-refractivity contribution is 0.392. The normalized spacial score (nSPS) is 10.8. The van der Waals surface area contributed by atoms with E-state index in [1.165, 1.54) is 11.8 Å². The van der Waals surface area contributed by atoms with Gasteiger partial charge in [0.2, 0.25) is 5.89 Å². The number of nitrogens with zero attached hydrogens (tertiary/aromatic N) is 3. The van der Waals surface area contributed by atoms with Crippen molar-refractivity contribution in [1.82, 2.24) is 15.4 Å². The van der Waals surface area contributed by atoms with Crippen LogP contribution in [0.2, 0.25) is 0 Å². The second-order valence-electron chi connectivity index (χ2n) is 5.07. The van der Waals surface area contributed by atoms with Crippen LogP contribution in [0.15, 0.2) is 32.4 Å². The summed E-state index contributed by atoms with van der Waals surface area (Å²) < 4.78 is 21.4. The van der Waals surface area contributed by atoms with Crippen molar-refractivity contribution in [3.05, 3.63) is 35.2 Å². The van der Waals surface area contributed by atoms with Crippen LogP contribution in [0.5, 0.6) is 11.5 Å². The summed E-state index contributed by atoms with van der Waals surface area (Å²) >= 11 is 1.44. The van der Waals surface area contributed by atoms with E-state index in [-0.39, 0.29) is 0 Å². The number of rotatable bonds is 6. The highest BCUT2D eigenvalue weighted by Gasteiger charge is 2.14. The van der Waals surface area contributed by atoms with Crippen LogP contribution in [0, 0.1) is 13.8 Å². The average Bonchev–Trinajstić information content (AvgIpc) is 3.20. The van der Waals surface area contributed by atoms with Crippen molar-refractivity contribution in [2.24, 2.45) is 0 Å². The smallest absolute Gasteiger partial charge is 0.277 e. The maximum Gasteiger partial charge on any atom is 0.277 e. The molecule has 8 heteroatoms. The van der Waals surface area contributed by atoms with Crippen LogP contribution in [-0.2, 0) is 5.75 Å². The van der Waals surface area contributed by atoms with Crippen molar-refractivity contribution in [1.29, 1.82) is 0 Å². The SMILES string of the molecule is COc1cc(OC)cc(-c2nnc(SCc3c(C)noc3C)o2)c1. The summed E-state index contributed by atoms with van der Waals surface area (Å²) in [6.07, 6.45) is 0. The molecule has 0 N–H and O–H groups in total. The molecule has 1 aromatic carbocycles. The van der Waals surface area contributed by atoms with Gasteiger partial charge in [-0.15, -0.1) is 10.2 Å². The van der Waals surface area contributed by atoms with Gasteiger partial charge in [-0.3, -0.25) is 0 Å². The van der Waals surface area contributed by atoms with E-state index in [0.717, 1.165) is 22.6 Å². The minimum Gasteiger partial charge on any atom is -0.497 e. The maximum atomic E-state index is 5.73. The first-order valence-electron chi connectivity index (χ1n) is 7.22. The number of benzene rings is 1. The van der Waals surface area contributed by atoms with Crippen LogP contribution in [0.4, 0.5) is 0 Å². The van der Waals surface area contributed by atoms with Gasteiger partial charge in [0, 0.05) is 22.9 Å². The Kier molecular flexibility index (Phi) is 4.75. The second kappa shape index (κ2) is 6.96. The third-order valence-corrected chi connectivity index (χ3v) is 4.37. The molecule has 0 bridgehead atoms. The van der Waals surface area contributed by atoms with Gasteiger partial charge in [0.05, 0.1) is 19.9 Å². The van der Waals surface area contributed by atoms with E-state index in [9.17, 15) is 0 Å². The molecule has 126 valence electrons. The Hall–Kier alpha value is -2.48. The van der Waals surface area contributed by atoms with Gasteiger partial charge in [-0.05, 0) is 26.0 Å². The Balaban J connectivity index is 1.78. The van der Waals surface area contributed by atoms with Gasteiger partial charge >= 0.3 is 0 Å². The van der Waals surface area contributed by atoms with Crippen molar-refractivity contribution >= 4 is 11.8 Å². The van der Waals surface area contributed by atoms with Gasteiger partial charge in [-0.2, -0.15) is 0 Å². The average molecular weight is 347 g/mol. The monoisotopic (exact) mass is 347 g/mol. The molecule has 0 saturated carbocycles. The minimum atomic E-state index is 0.411. The van der Waals surface area contributed by atoms with Crippen molar-refractivity contribution in [3.8, 4) is 23.0 Å². The second-order valence-corrected chi connectivity index (χ2v) is 5.99. The van der Waals surface area contributed by atoms with Crippen LogP contribution >= 0.6 is 11.8 Å². The van der Waals surface area contributed by atoms with Gasteiger partial charge in [0.1, 0.15) is 17.3 Å². The lowest BCUT2D eigenvalue weighted by Gasteiger charge is -2.05. The molecule has 3 rings (SSSR count). The number of hydrogen-bond donors (Lipinski definition) is 0. The number of ether oxygens (including phenoxy) is 2. The third kappa shape index (κ3) is 3.38. The molecule has 0 saturated heterocycles. The molecule has 0 aliphatic heterocycles. The van der Waals surface area contributed by atoms with Crippen molar-refractivity contribution in [3.63, 3.8) is 0 Å². The van der Waals surface area contributed by atoms with Crippen molar-refractivity contribution in [2.75, 3.05) is 14.2 Å². The molecule has 24 heavy (non-hydrogen) atoms. The molecule has 0 fully saturated rings. The van der Waals surface area contributed by atoms with Crippen LogP contribution in [0.3, 0.4) is 0 Å². The quantitative estimate of drug-likeness (QED) is 0.625. The predicted octanol–water partition coefficient (Wildman–Crippen LogP) is 3.65. The molecule has 0 unspecified atom stereocenters. The van der Waals surface area contributed by atoms with Gasteiger partial charge in [0.15, 0.2) is 0 Å². The largest absolute Gasteiger partial charge is 0.497 e. The summed E-state index contributed by atoms with van der Waals surface area (Å²) in [6, 6.07) is 5.42. The van der Waals surface area contributed by atoms with Gasteiger partial charge in [-0.1, -0.05) is 16.9 Å². The number of aryl methyl sites for hydroxylation is 2. The molecule has 0 radical (unpaired) electrons. The van der Waals surface area contributed by atoms with Crippen LogP contribution < -0.4 is 9.47 Å². The summed E-state index contributed by atoms with van der Waals surface area (Å²) in [5.41, 5.74) is 2.66. The van der Waals surface area contributed by atoms with E-state index in [4.69, 9.17) is 18.4 Å². The van der Waals surface area contributed by atoms with Gasteiger partial charge in [-0.25, -0.2) is 0 Å². The number of aromatic nitrogens is 3. The van der Waals surface area contributed by atoms with Crippen molar-refractivity contribution in [2.45, 2.75) is 24.8 Å². The van der Waals surface area contributed by atoms with E-state index in [1.54, 1.807) is 20.3 Å². The summed E-state index contributed by atoms with van der Waals surface area (Å²) in [5, 5.41) is 12.6. The van der Waals surface area contributed by atoms with E-state index < -0.39 is 0 Å². The molecule has 3 aromatic rings. The number of methoxy groups -OCH3 is 2. The fourth-order valence-corrected chi connectivity index (χ4v) is 3.07. The molecule has 0 aliphatic rings. The van der Waals surface area contributed by atoms with Gasteiger partial charge in [0.25, 0.3) is 5.22 Å². The van der Waals surface area contributed by atoms with E-state index in [2.05, 4.69) is 15.4 Å². The summed E-state index contributed by atoms with van der Waals surface area (Å²) in [4.78, 5) is 0. The van der Waals surface area contributed by atoms with Crippen LogP contribution in [0.1, 0.15) is 17.0 Å². The highest BCUT2D eigenvalue weighted by atomic mass is 32.2. The maximum absolute atomic E-state index is 5.73. The highest BCUT2D eigenvalue weighted by Crippen LogP contribution is 2.31. The number of hydrogen-bond acceptors (Lipinski definition) is 8. The standard InChI is InChI=1S/C16H17N3O4S/c1-9-14(10(2)23-19-9)8-24-16-18-17-15(22-16)11-5-12(20-3)7-13(6-11)21-4/h5-7H,8H2,1-4H3. The first-order valence-corrected chi connectivity index (χ1v) is 8.20. The molecule has 0 aliphatic carbocycles. The van der Waals surface area contributed by atoms with E-state index >= 15 is 0 Å². The topological polar surface area (TPSA) is 83.4 Å². The fraction of sp³-hybridized carbons (Fsp3) is 0.312. The molecule has 2 heterocycles. The van der Waals surface area contributed by atoms with Crippen molar-refractivity contribution < 1.29 is 18.4 Å². The summed E-state index contributed by atoms with van der Waals surface area (Å²) in [7, 11) is 3.19. The van der Waals surface area contributed by atoms with E-state index in [1.807, 2.05) is 26.0 Å². The molecule has 0 atom stereocenters. The van der Waals surface area contributed by atoms with Crippen LogP contribution in [0.25, 0.3) is 11.5 Å².